The molecule has 5 atom stereocenters. The van der Waals surface area contributed by atoms with Crippen molar-refractivity contribution in [2.75, 3.05) is 6.54 Å². The van der Waals surface area contributed by atoms with Crippen molar-refractivity contribution in [3.05, 3.63) is 23.4 Å². The standard InChI is InChI=1S/C33H49ClN6O6/c1-5-9-23(27(41)31(44)37-21-13-14-21)38-29(42)24-16-22(46-25-15-12-20(34)17-36-25)18-40(24)32(45)28(33(2,3)4)39-30(43)26(35)19-10-7-6-8-11-19/h12,15,17,19,21-24,26,28H,5-11,13-14,16,18,35H2,1-4H3,(H,37,44)(H,38,42)(H,39,43). The van der Waals surface area contributed by atoms with Crippen LogP contribution in [0.2, 0.25) is 5.02 Å². The van der Waals surface area contributed by atoms with Crippen molar-refractivity contribution in [1.29, 1.82) is 0 Å². The van der Waals surface area contributed by atoms with Crippen molar-refractivity contribution in [3.8, 4) is 5.88 Å². The van der Waals surface area contributed by atoms with E-state index >= 15 is 0 Å². The summed E-state index contributed by atoms with van der Waals surface area (Å²) in [7, 11) is 0. The molecule has 0 bridgehead atoms. The monoisotopic (exact) mass is 660 g/mol. The number of ketones is 1. The van der Waals surface area contributed by atoms with Crippen LogP contribution in [-0.2, 0) is 24.0 Å². The van der Waals surface area contributed by atoms with E-state index in [1.807, 2.05) is 27.7 Å². The Hall–Kier alpha value is -3.25. The van der Waals surface area contributed by atoms with Gasteiger partial charge in [0.1, 0.15) is 18.2 Å². The SMILES string of the molecule is CCCC(NC(=O)C1CC(Oc2ccc(Cl)cn2)CN1C(=O)C(NC(=O)C(N)C1CCCCC1)C(C)(C)C)C(=O)C(=O)NC1CC1. The maximum Gasteiger partial charge on any atom is 0.289 e. The molecule has 12 nitrogen and oxygen atoms in total. The minimum Gasteiger partial charge on any atom is -0.472 e. The Morgan fingerprint density at radius 2 is 1.76 bits per heavy atom. The van der Waals surface area contributed by atoms with E-state index in [0.29, 0.717) is 11.4 Å². The van der Waals surface area contributed by atoms with E-state index in [1.54, 1.807) is 12.1 Å². The molecule has 0 aromatic carbocycles. The highest BCUT2D eigenvalue weighted by Crippen LogP contribution is 2.30. The number of Topliss-reactive ketones (excluding diaryl/α,β-unsaturated/α-hetero) is 1. The Bertz CT molecular complexity index is 1260. The molecule has 1 aromatic heterocycles. The number of hydrogen-bond donors (Lipinski definition) is 4. The van der Waals surface area contributed by atoms with Crippen molar-refractivity contribution < 1.29 is 28.7 Å². The van der Waals surface area contributed by atoms with Crippen LogP contribution >= 0.6 is 11.6 Å². The van der Waals surface area contributed by atoms with E-state index < -0.39 is 65.1 Å². The molecule has 13 heteroatoms. The summed E-state index contributed by atoms with van der Waals surface area (Å²) in [6.07, 6.45) is 8.28. The molecular formula is C33H49ClN6O6. The molecule has 0 spiro atoms. The van der Waals surface area contributed by atoms with Crippen molar-refractivity contribution in [3.63, 3.8) is 0 Å². The molecule has 5 N–H and O–H groups in total. The van der Waals surface area contributed by atoms with Gasteiger partial charge in [-0.1, -0.05) is 65.0 Å². The molecule has 5 unspecified atom stereocenters. The number of carbonyl (C=O) groups is 5. The fourth-order valence-electron chi connectivity index (χ4n) is 6.21. The molecule has 0 radical (unpaired) electrons. The number of nitrogens with one attached hydrogen (secondary N) is 3. The Kier molecular flexibility index (Phi) is 12.0. The molecular weight excluding hydrogens is 612 g/mol. The summed E-state index contributed by atoms with van der Waals surface area (Å²) >= 11 is 5.98. The van der Waals surface area contributed by atoms with Crippen LogP contribution in [0.3, 0.4) is 0 Å². The van der Waals surface area contributed by atoms with Gasteiger partial charge >= 0.3 is 0 Å². The first-order valence-electron chi connectivity index (χ1n) is 16.6. The lowest BCUT2D eigenvalue weighted by molar-refractivity contribution is -0.145. The van der Waals surface area contributed by atoms with Gasteiger partial charge in [-0.05, 0) is 49.5 Å². The summed E-state index contributed by atoms with van der Waals surface area (Å²) in [6.45, 7) is 7.41. The first-order valence-corrected chi connectivity index (χ1v) is 17.0. The predicted octanol–water partition coefficient (Wildman–Crippen LogP) is 2.65. The molecule has 254 valence electrons. The maximum atomic E-state index is 14.3. The highest BCUT2D eigenvalue weighted by Gasteiger charge is 2.47. The molecule has 4 amide bonds. The van der Waals surface area contributed by atoms with E-state index in [4.69, 9.17) is 22.1 Å². The van der Waals surface area contributed by atoms with Gasteiger partial charge < -0.3 is 31.3 Å². The average Bonchev–Trinajstić information content (AvgIpc) is 3.74. The fourth-order valence-corrected chi connectivity index (χ4v) is 6.32. The summed E-state index contributed by atoms with van der Waals surface area (Å²) in [4.78, 5) is 72.8. The number of ether oxygens (including phenoxy) is 1. The van der Waals surface area contributed by atoms with Gasteiger partial charge in [-0.3, -0.25) is 24.0 Å². The van der Waals surface area contributed by atoms with E-state index in [9.17, 15) is 24.0 Å². The molecule has 3 fully saturated rings. The fraction of sp³-hybridized carbons (Fsp3) is 0.697. The minimum absolute atomic E-state index is 0.00692. The quantitative estimate of drug-likeness (QED) is 0.234. The summed E-state index contributed by atoms with van der Waals surface area (Å²) in [5.74, 6) is -2.55. The number of hydrogen-bond acceptors (Lipinski definition) is 8. The van der Waals surface area contributed by atoms with Gasteiger partial charge in [0, 0.05) is 24.7 Å². The van der Waals surface area contributed by atoms with Gasteiger partial charge in [0.25, 0.3) is 5.91 Å². The third kappa shape index (κ3) is 9.40. The van der Waals surface area contributed by atoms with Gasteiger partial charge in [-0.25, -0.2) is 4.98 Å². The van der Waals surface area contributed by atoms with Gasteiger partial charge in [0.2, 0.25) is 29.4 Å². The zero-order chi connectivity index (χ0) is 33.6. The van der Waals surface area contributed by atoms with E-state index in [2.05, 4.69) is 20.9 Å². The number of carbonyl (C=O) groups excluding carboxylic acids is 5. The number of likely N-dealkylation sites (tertiary alicyclic amines) is 1. The van der Waals surface area contributed by atoms with E-state index in [1.165, 1.54) is 11.1 Å². The van der Waals surface area contributed by atoms with Crippen LogP contribution in [-0.4, -0.2) is 82.2 Å². The highest BCUT2D eigenvalue weighted by atomic mass is 35.5. The first kappa shape index (κ1) is 35.6. The molecule has 1 saturated heterocycles. The van der Waals surface area contributed by atoms with Crippen molar-refractivity contribution >= 4 is 41.0 Å². The molecule has 1 aromatic rings. The largest absolute Gasteiger partial charge is 0.472 e. The van der Waals surface area contributed by atoms with Gasteiger partial charge in [0.05, 0.1) is 23.7 Å². The number of rotatable bonds is 13. The molecule has 2 saturated carbocycles. The third-order valence-corrected chi connectivity index (χ3v) is 9.27. The summed E-state index contributed by atoms with van der Waals surface area (Å²) in [6, 6.07) is -0.593. The smallest absolute Gasteiger partial charge is 0.289 e. The Morgan fingerprint density at radius 1 is 1.07 bits per heavy atom. The highest BCUT2D eigenvalue weighted by molar-refractivity contribution is 6.38. The number of pyridine rings is 1. The summed E-state index contributed by atoms with van der Waals surface area (Å²) in [5.41, 5.74) is 5.68. The van der Waals surface area contributed by atoms with Crippen LogP contribution in [0, 0.1) is 11.3 Å². The van der Waals surface area contributed by atoms with Gasteiger partial charge in [-0.2, -0.15) is 0 Å². The normalized spacial score (nSPS) is 22.3. The van der Waals surface area contributed by atoms with Crippen LogP contribution in [0.1, 0.15) is 91.9 Å². The van der Waals surface area contributed by atoms with Crippen molar-refractivity contribution in [1.82, 2.24) is 25.8 Å². The average molecular weight is 661 g/mol. The molecule has 3 aliphatic rings. The number of nitrogens with two attached hydrogens (primary N) is 1. The van der Waals surface area contributed by atoms with Gasteiger partial charge in [0.15, 0.2) is 0 Å². The number of aromatic nitrogens is 1. The second kappa shape index (κ2) is 15.6. The molecule has 2 aliphatic carbocycles. The van der Waals surface area contributed by atoms with E-state index in [-0.39, 0.29) is 37.2 Å². The zero-order valence-electron chi connectivity index (χ0n) is 27.4. The molecule has 1 aliphatic heterocycles. The second-order valence-corrected chi connectivity index (χ2v) is 14.4. The summed E-state index contributed by atoms with van der Waals surface area (Å²) < 4.78 is 6.06. The van der Waals surface area contributed by atoms with Crippen LogP contribution < -0.4 is 26.4 Å². The Morgan fingerprint density at radius 3 is 2.35 bits per heavy atom. The maximum absolute atomic E-state index is 14.3. The van der Waals surface area contributed by atoms with Crippen molar-refractivity contribution in [2.45, 2.75) is 128 Å². The number of nitrogens with zero attached hydrogens (tertiary/aromatic N) is 2. The Balaban J connectivity index is 1.55. The minimum atomic E-state index is -1.04. The number of halogens is 1. The van der Waals surface area contributed by atoms with Crippen LogP contribution in [0.25, 0.3) is 0 Å². The molecule has 4 rings (SSSR count). The third-order valence-electron chi connectivity index (χ3n) is 9.04. The lowest BCUT2D eigenvalue weighted by atomic mass is 9.82. The lowest BCUT2D eigenvalue weighted by Gasteiger charge is -2.37. The first-order chi connectivity index (χ1) is 21.8. The number of amides is 4. The molecule has 46 heavy (non-hydrogen) atoms. The van der Waals surface area contributed by atoms with Crippen LogP contribution in [0.5, 0.6) is 5.88 Å². The predicted molar refractivity (Wildman–Crippen MR) is 173 cm³/mol. The molecule has 2 heterocycles. The lowest BCUT2D eigenvalue weighted by Crippen LogP contribution is -2.61. The van der Waals surface area contributed by atoms with Crippen LogP contribution in [0.4, 0.5) is 0 Å². The summed E-state index contributed by atoms with van der Waals surface area (Å²) in [5, 5.41) is 8.79. The van der Waals surface area contributed by atoms with E-state index in [0.717, 1.165) is 44.9 Å². The second-order valence-electron chi connectivity index (χ2n) is 14.0. The van der Waals surface area contributed by atoms with Crippen LogP contribution in [0.15, 0.2) is 18.3 Å². The zero-order valence-corrected chi connectivity index (χ0v) is 28.1. The van der Waals surface area contributed by atoms with Gasteiger partial charge in [-0.15, -0.1) is 0 Å². The van der Waals surface area contributed by atoms with Crippen molar-refractivity contribution in [2.24, 2.45) is 17.1 Å². The topological polar surface area (TPSA) is 173 Å². The Labute approximate surface area is 276 Å².